The van der Waals surface area contributed by atoms with Crippen molar-refractivity contribution in [1.29, 1.82) is 0 Å². The van der Waals surface area contributed by atoms with E-state index in [1.54, 1.807) is 13.8 Å². The van der Waals surface area contributed by atoms with Gasteiger partial charge in [0.25, 0.3) is 0 Å². The summed E-state index contributed by atoms with van der Waals surface area (Å²) < 4.78 is 11.6. The molecule has 1 rings (SSSR count). The molecule has 0 aliphatic carbocycles. The Morgan fingerprint density at radius 2 is 1.54 bits per heavy atom. The number of aliphatic carboxylic acids is 1. The van der Waals surface area contributed by atoms with Gasteiger partial charge in [0.15, 0.2) is 6.10 Å². The maximum Gasteiger partial charge on any atom is 0.333 e. The molecule has 0 bridgehead atoms. The second kappa shape index (κ2) is 7.28. The van der Waals surface area contributed by atoms with Gasteiger partial charge in [-0.2, -0.15) is 0 Å². The molecule has 1 saturated heterocycles. The summed E-state index contributed by atoms with van der Waals surface area (Å²) in [6.45, 7) is 14.9. The van der Waals surface area contributed by atoms with E-state index in [0.29, 0.717) is 0 Å². The number of aliphatic hydroxyl groups excluding tert-OH is 2. The SMILES string of the molecule is CC(C)OC(C)(C)[C@@H]1OC(C(=O)O)[C@@H](C(C)(C)C(C)C)C(O)C1O. The van der Waals surface area contributed by atoms with E-state index in [2.05, 4.69) is 0 Å². The van der Waals surface area contributed by atoms with E-state index in [4.69, 9.17) is 9.47 Å². The molecule has 0 aromatic heterocycles. The zero-order chi connectivity index (χ0) is 19.0. The fraction of sp³-hybridized carbons (Fsp3) is 0.944. The molecule has 6 nitrogen and oxygen atoms in total. The number of carboxylic acids is 1. The summed E-state index contributed by atoms with van der Waals surface area (Å²) in [6, 6.07) is 0. The lowest BCUT2D eigenvalue weighted by molar-refractivity contribution is -0.274. The van der Waals surface area contributed by atoms with E-state index in [0.717, 1.165) is 0 Å². The molecule has 0 aromatic rings. The van der Waals surface area contributed by atoms with Crippen molar-refractivity contribution in [3.05, 3.63) is 0 Å². The molecule has 1 heterocycles. The van der Waals surface area contributed by atoms with Gasteiger partial charge in [0.2, 0.25) is 0 Å². The van der Waals surface area contributed by atoms with Crippen LogP contribution in [0.1, 0.15) is 55.4 Å². The molecule has 0 radical (unpaired) electrons. The minimum atomic E-state index is -1.22. The molecule has 142 valence electrons. The average Bonchev–Trinajstić information content (AvgIpc) is 2.38. The molecule has 0 amide bonds. The van der Waals surface area contributed by atoms with Crippen LogP contribution in [0.2, 0.25) is 0 Å². The summed E-state index contributed by atoms with van der Waals surface area (Å²) in [5, 5.41) is 31.1. The molecule has 24 heavy (non-hydrogen) atoms. The van der Waals surface area contributed by atoms with Crippen LogP contribution in [0.3, 0.4) is 0 Å². The number of carbonyl (C=O) groups is 1. The highest BCUT2D eigenvalue weighted by Crippen LogP contribution is 2.45. The third-order valence-corrected chi connectivity index (χ3v) is 5.46. The van der Waals surface area contributed by atoms with Crippen molar-refractivity contribution in [3.63, 3.8) is 0 Å². The lowest BCUT2D eigenvalue weighted by Crippen LogP contribution is -2.66. The lowest BCUT2D eigenvalue weighted by Gasteiger charge is -2.52. The first-order valence-electron chi connectivity index (χ1n) is 8.65. The molecular weight excluding hydrogens is 312 g/mol. The molecule has 0 spiro atoms. The van der Waals surface area contributed by atoms with Gasteiger partial charge >= 0.3 is 5.97 Å². The Hall–Kier alpha value is -0.690. The lowest BCUT2D eigenvalue weighted by atomic mass is 9.63. The fourth-order valence-corrected chi connectivity index (χ4v) is 3.57. The highest BCUT2D eigenvalue weighted by Gasteiger charge is 2.57. The summed E-state index contributed by atoms with van der Waals surface area (Å²) in [4.78, 5) is 11.8. The van der Waals surface area contributed by atoms with E-state index >= 15 is 0 Å². The Labute approximate surface area is 145 Å². The monoisotopic (exact) mass is 346 g/mol. The van der Waals surface area contributed by atoms with Gasteiger partial charge in [0.1, 0.15) is 12.2 Å². The van der Waals surface area contributed by atoms with E-state index in [1.807, 2.05) is 41.5 Å². The van der Waals surface area contributed by atoms with Crippen molar-refractivity contribution in [2.45, 2.75) is 91.5 Å². The van der Waals surface area contributed by atoms with Gasteiger partial charge in [-0.15, -0.1) is 0 Å². The molecule has 1 fully saturated rings. The number of hydrogen-bond acceptors (Lipinski definition) is 5. The second-order valence-corrected chi connectivity index (χ2v) is 8.57. The van der Waals surface area contributed by atoms with Crippen LogP contribution in [0.15, 0.2) is 0 Å². The highest BCUT2D eigenvalue weighted by molar-refractivity contribution is 5.73. The average molecular weight is 346 g/mol. The van der Waals surface area contributed by atoms with Crippen LogP contribution in [-0.2, 0) is 14.3 Å². The topological polar surface area (TPSA) is 96.2 Å². The highest BCUT2D eigenvalue weighted by atomic mass is 16.6. The Kier molecular flexibility index (Phi) is 6.48. The minimum Gasteiger partial charge on any atom is -0.479 e. The normalized spacial score (nSPS) is 32.4. The molecule has 6 heteroatoms. The summed E-state index contributed by atoms with van der Waals surface area (Å²) in [6.07, 6.45) is -4.70. The Morgan fingerprint density at radius 1 is 1.04 bits per heavy atom. The van der Waals surface area contributed by atoms with Crippen LogP contribution in [0.25, 0.3) is 0 Å². The predicted octanol–water partition coefficient (Wildman–Crippen LogP) is 2.06. The largest absolute Gasteiger partial charge is 0.479 e. The van der Waals surface area contributed by atoms with Gasteiger partial charge in [0, 0.05) is 5.92 Å². The van der Waals surface area contributed by atoms with Crippen LogP contribution in [-0.4, -0.2) is 57.4 Å². The molecule has 3 unspecified atom stereocenters. The van der Waals surface area contributed by atoms with Crippen molar-refractivity contribution in [1.82, 2.24) is 0 Å². The standard InChI is InChI=1S/C18H34O6/c1-9(2)17(5,6)11-12(19)13(20)15(23-14(11)16(21)22)18(7,8)24-10(3)4/h9-15,19-20H,1-8H3,(H,21,22)/t11-,12?,13?,14?,15+/m0/s1. The van der Waals surface area contributed by atoms with E-state index < -0.39 is 47.3 Å². The minimum absolute atomic E-state index is 0.103. The van der Waals surface area contributed by atoms with Crippen LogP contribution >= 0.6 is 0 Å². The summed E-state index contributed by atoms with van der Waals surface area (Å²) in [5.74, 6) is -1.76. The molecule has 0 saturated carbocycles. The van der Waals surface area contributed by atoms with E-state index in [1.165, 1.54) is 0 Å². The molecule has 5 atom stereocenters. The number of aliphatic hydroxyl groups is 2. The first-order chi connectivity index (χ1) is 10.7. The van der Waals surface area contributed by atoms with Gasteiger partial charge in [-0.05, 0) is 39.0 Å². The maximum absolute atomic E-state index is 11.8. The van der Waals surface area contributed by atoms with Gasteiger partial charge in [-0.25, -0.2) is 4.79 Å². The van der Waals surface area contributed by atoms with Crippen LogP contribution in [0, 0.1) is 17.3 Å². The van der Waals surface area contributed by atoms with E-state index in [-0.39, 0.29) is 12.0 Å². The van der Waals surface area contributed by atoms with Gasteiger partial charge in [0.05, 0.1) is 17.8 Å². The fourth-order valence-electron chi connectivity index (χ4n) is 3.57. The molecule has 0 aromatic carbocycles. The third-order valence-electron chi connectivity index (χ3n) is 5.46. The van der Waals surface area contributed by atoms with Crippen molar-refractivity contribution in [3.8, 4) is 0 Å². The molecule has 1 aliphatic rings. The summed E-state index contributed by atoms with van der Waals surface area (Å²) in [7, 11) is 0. The Morgan fingerprint density at radius 3 is 1.92 bits per heavy atom. The maximum atomic E-state index is 11.8. The van der Waals surface area contributed by atoms with Gasteiger partial charge in [-0.3, -0.25) is 0 Å². The van der Waals surface area contributed by atoms with Crippen LogP contribution in [0.4, 0.5) is 0 Å². The van der Waals surface area contributed by atoms with Crippen LogP contribution < -0.4 is 0 Å². The van der Waals surface area contributed by atoms with Crippen molar-refractivity contribution >= 4 is 5.97 Å². The molecular formula is C18H34O6. The van der Waals surface area contributed by atoms with Crippen molar-refractivity contribution in [2.24, 2.45) is 17.3 Å². The molecule has 3 N–H and O–H groups in total. The summed E-state index contributed by atoms with van der Waals surface area (Å²) in [5.41, 5.74) is -1.47. The van der Waals surface area contributed by atoms with Gasteiger partial charge in [-0.1, -0.05) is 27.7 Å². The first-order valence-corrected chi connectivity index (χ1v) is 8.65. The Bertz CT molecular complexity index is 443. The third kappa shape index (κ3) is 4.10. The van der Waals surface area contributed by atoms with Crippen molar-refractivity contribution in [2.75, 3.05) is 0 Å². The zero-order valence-corrected chi connectivity index (χ0v) is 16.1. The van der Waals surface area contributed by atoms with Crippen molar-refractivity contribution < 1.29 is 29.6 Å². The van der Waals surface area contributed by atoms with Crippen LogP contribution in [0.5, 0.6) is 0 Å². The number of hydrogen-bond donors (Lipinski definition) is 3. The number of rotatable bonds is 6. The predicted molar refractivity (Wildman–Crippen MR) is 90.7 cm³/mol. The zero-order valence-electron chi connectivity index (χ0n) is 16.1. The van der Waals surface area contributed by atoms with E-state index in [9.17, 15) is 20.1 Å². The number of carboxylic acid groups (broad SMARTS) is 1. The Balaban J connectivity index is 3.24. The van der Waals surface area contributed by atoms with Gasteiger partial charge < -0.3 is 24.8 Å². The quantitative estimate of drug-likeness (QED) is 0.681. The summed E-state index contributed by atoms with van der Waals surface area (Å²) >= 11 is 0. The molecule has 1 aliphatic heterocycles. The first kappa shape index (κ1) is 21.4. The smallest absolute Gasteiger partial charge is 0.333 e. The number of ether oxygens (including phenoxy) is 2. The second-order valence-electron chi connectivity index (χ2n) is 8.57.